The van der Waals surface area contributed by atoms with Gasteiger partial charge in [0.05, 0.1) is 0 Å². The van der Waals surface area contributed by atoms with Crippen LogP contribution in [0.5, 0.6) is 5.75 Å². The van der Waals surface area contributed by atoms with Gasteiger partial charge in [0.15, 0.2) is 6.10 Å². The molecule has 0 radical (unpaired) electrons. The highest BCUT2D eigenvalue weighted by atomic mass is 19.1. The van der Waals surface area contributed by atoms with E-state index in [1.807, 2.05) is 0 Å². The van der Waals surface area contributed by atoms with Gasteiger partial charge in [-0.1, -0.05) is 61.7 Å². The van der Waals surface area contributed by atoms with Crippen molar-refractivity contribution >= 4 is 11.9 Å². The fourth-order valence-electron chi connectivity index (χ4n) is 3.50. The molecule has 1 atom stereocenters. The standard InChI is InChI=1S/C30H29FO5/c1-18(2)28(32)35-24-14-11-21(12-15-24)25-16-13-23(17-26(25)31)20-7-9-22(10-8-20)27(30(5,6)34)36-29(33)19(3)4/h7-17,27,34H,1,3H2,2,4-6H3. The molecule has 0 heterocycles. The fraction of sp³-hybridized carbons (Fsp3) is 0.200. The SMILES string of the molecule is C=C(C)C(=O)Oc1ccc(-c2ccc(-c3ccc(C(OC(=O)C(=C)C)C(C)(C)O)cc3)cc2F)cc1. The number of esters is 2. The first-order chi connectivity index (χ1) is 16.9. The minimum atomic E-state index is -1.32. The summed E-state index contributed by atoms with van der Waals surface area (Å²) in [6, 6.07) is 18.5. The average Bonchev–Trinajstić information content (AvgIpc) is 2.82. The maximum Gasteiger partial charge on any atom is 0.338 e. The first-order valence-electron chi connectivity index (χ1n) is 11.3. The van der Waals surface area contributed by atoms with Crippen LogP contribution in [0.25, 0.3) is 22.3 Å². The van der Waals surface area contributed by atoms with Crippen molar-refractivity contribution in [3.05, 3.63) is 102 Å². The van der Waals surface area contributed by atoms with Gasteiger partial charge in [-0.05, 0) is 68.1 Å². The second-order valence-corrected chi connectivity index (χ2v) is 9.23. The fourth-order valence-corrected chi connectivity index (χ4v) is 3.50. The van der Waals surface area contributed by atoms with Crippen molar-refractivity contribution < 1.29 is 28.6 Å². The first-order valence-corrected chi connectivity index (χ1v) is 11.3. The van der Waals surface area contributed by atoms with Crippen LogP contribution in [-0.2, 0) is 14.3 Å². The monoisotopic (exact) mass is 488 g/mol. The molecule has 5 nitrogen and oxygen atoms in total. The van der Waals surface area contributed by atoms with Gasteiger partial charge in [0, 0.05) is 16.7 Å². The Hall–Kier alpha value is -4.03. The molecule has 0 amide bonds. The van der Waals surface area contributed by atoms with Crippen molar-refractivity contribution in [1.82, 2.24) is 0 Å². The summed E-state index contributed by atoms with van der Waals surface area (Å²) in [5, 5.41) is 10.5. The van der Waals surface area contributed by atoms with Gasteiger partial charge in [0.2, 0.25) is 0 Å². The zero-order valence-corrected chi connectivity index (χ0v) is 20.8. The highest BCUT2D eigenvalue weighted by Crippen LogP contribution is 2.33. The topological polar surface area (TPSA) is 72.8 Å². The summed E-state index contributed by atoms with van der Waals surface area (Å²) in [7, 11) is 0. The lowest BCUT2D eigenvalue weighted by atomic mass is 9.92. The summed E-state index contributed by atoms with van der Waals surface area (Å²) < 4.78 is 25.7. The molecular weight excluding hydrogens is 459 g/mol. The van der Waals surface area contributed by atoms with Crippen LogP contribution < -0.4 is 4.74 Å². The van der Waals surface area contributed by atoms with Crippen molar-refractivity contribution in [2.75, 3.05) is 0 Å². The van der Waals surface area contributed by atoms with Gasteiger partial charge in [-0.3, -0.25) is 0 Å². The molecule has 186 valence electrons. The molecule has 0 aliphatic carbocycles. The molecule has 3 aromatic rings. The summed E-state index contributed by atoms with van der Waals surface area (Å²) >= 11 is 0. The number of aliphatic hydroxyl groups is 1. The van der Waals surface area contributed by atoms with Crippen LogP contribution in [0.1, 0.15) is 39.4 Å². The summed E-state index contributed by atoms with van der Waals surface area (Å²) in [5.41, 5.74) is 2.26. The molecule has 0 aliphatic heterocycles. The average molecular weight is 489 g/mol. The number of hydrogen-bond donors (Lipinski definition) is 1. The lowest BCUT2D eigenvalue weighted by Crippen LogP contribution is -2.32. The van der Waals surface area contributed by atoms with Gasteiger partial charge < -0.3 is 14.6 Å². The zero-order valence-electron chi connectivity index (χ0n) is 20.8. The summed E-state index contributed by atoms with van der Waals surface area (Å²) in [6.07, 6.45) is -0.896. The van der Waals surface area contributed by atoms with Crippen molar-refractivity contribution in [3.8, 4) is 28.0 Å². The third kappa shape index (κ3) is 6.34. The number of halogens is 1. The van der Waals surface area contributed by atoms with E-state index in [4.69, 9.17) is 9.47 Å². The molecule has 0 aliphatic rings. The van der Waals surface area contributed by atoms with Crippen LogP contribution in [0, 0.1) is 5.82 Å². The third-order valence-electron chi connectivity index (χ3n) is 5.46. The van der Waals surface area contributed by atoms with Gasteiger partial charge in [-0.15, -0.1) is 0 Å². The van der Waals surface area contributed by atoms with E-state index >= 15 is 4.39 Å². The number of rotatable bonds is 8. The summed E-state index contributed by atoms with van der Waals surface area (Å²) in [4.78, 5) is 23.7. The molecule has 1 N–H and O–H groups in total. The second-order valence-electron chi connectivity index (χ2n) is 9.23. The zero-order chi connectivity index (χ0) is 26.6. The Balaban J connectivity index is 1.82. The van der Waals surface area contributed by atoms with E-state index in [9.17, 15) is 14.7 Å². The molecule has 3 rings (SSSR count). The number of ether oxygens (including phenoxy) is 2. The Kier molecular flexibility index (Phi) is 7.90. The quantitative estimate of drug-likeness (QED) is 0.220. The molecule has 1 unspecified atom stereocenters. The van der Waals surface area contributed by atoms with Gasteiger partial charge in [0.25, 0.3) is 0 Å². The minimum absolute atomic E-state index is 0.235. The highest BCUT2D eigenvalue weighted by molar-refractivity contribution is 5.89. The van der Waals surface area contributed by atoms with Crippen molar-refractivity contribution in [2.45, 2.75) is 39.4 Å². The van der Waals surface area contributed by atoms with Crippen LogP contribution in [-0.4, -0.2) is 22.6 Å². The molecule has 0 fully saturated rings. The smallest absolute Gasteiger partial charge is 0.338 e. The van der Waals surface area contributed by atoms with Gasteiger partial charge in [-0.25, -0.2) is 14.0 Å². The third-order valence-corrected chi connectivity index (χ3v) is 5.46. The maximum atomic E-state index is 15.0. The molecular formula is C30H29FO5. The first kappa shape index (κ1) is 26.6. The number of hydrogen-bond acceptors (Lipinski definition) is 5. The Morgan fingerprint density at radius 3 is 1.86 bits per heavy atom. The Bertz CT molecular complexity index is 1300. The van der Waals surface area contributed by atoms with Crippen LogP contribution in [0.4, 0.5) is 4.39 Å². The Morgan fingerprint density at radius 1 is 0.833 bits per heavy atom. The van der Waals surface area contributed by atoms with Gasteiger partial charge >= 0.3 is 11.9 Å². The van der Waals surface area contributed by atoms with E-state index in [2.05, 4.69) is 13.2 Å². The van der Waals surface area contributed by atoms with E-state index in [0.717, 1.165) is 5.56 Å². The number of carbonyl (C=O) groups is 2. The van der Waals surface area contributed by atoms with E-state index < -0.39 is 29.5 Å². The van der Waals surface area contributed by atoms with E-state index in [0.29, 0.717) is 28.0 Å². The normalized spacial score (nSPS) is 11.9. The number of benzene rings is 3. The molecule has 0 saturated heterocycles. The van der Waals surface area contributed by atoms with E-state index in [1.54, 1.807) is 81.4 Å². The van der Waals surface area contributed by atoms with Crippen molar-refractivity contribution in [1.29, 1.82) is 0 Å². The highest BCUT2D eigenvalue weighted by Gasteiger charge is 2.32. The summed E-state index contributed by atoms with van der Waals surface area (Å²) in [6.45, 7) is 13.3. The Labute approximate surface area is 210 Å². The van der Waals surface area contributed by atoms with Gasteiger partial charge in [-0.2, -0.15) is 0 Å². The van der Waals surface area contributed by atoms with Crippen LogP contribution >= 0.6 is 0 Å². The van der Waals surface area contributed by atoms with Crippen LogP contribution in [0.3, 0.4) is 0 Å². The second kappa shape index (κ2) is 10.7. The molecule has 36 heavy (non-hydrogen) atoms. The van der Waals surface area contributed by atoms with Crippen LogP contribution in [0.2, 0.25) is 0 Å². The van der Waals surface area contributed by atoms with E-state index in [1.165, 1.54) is 13.0 Å². The Morgan fingerprint density at radius 2 is 1.36 bits per heavy atom. The maximum absolute atomic E-state index is 15.0. The molecule has 0 saturated carbocycles. The molecule has 6 heteroatoms. The van der Waals surface area contributed by atoms with Crippen LogP contribution in [0.15, 0.2) is 91.0 Å². The van der Waals surface area contributed by atoms with Crippen molar-refractivity contribution in [2.24, 2.45) is 0 Å². The minimum Gasteiger partial charge on any atom is -0.451 e. The lowest BCUT2D eigenvalue weighted by molar-refractivity contribution is -0.158. The van der Waals surface area contributed by atoms with Gasteiger partial charge in [0.1, 0.15) is 17.2 Å². The van der Waals surface area contributed by atoms with Crippen molar-refractivity contribution in [3.63, 3.8) is 0 Å². The van der Waals surface area contributed by atoms with E-state index in [-0.39, 0.29) is 11.1 Å². The number of carbonyl (C=O) groups excluding carboxylic acids is 2. The molecule has 0 aromatic heterocycles. The predicted molar refractivity (Wildman–Crippen MR) is 138 cm³/mol. The molecule has 0 spiro atoms. The molecule has 0 bridgehead atoms. The largest absolute Gasteiger partial charge is 0.451 e. The predicted octanol–water partition coefficient (Wildman–Crippen LogP) is 6.57. The summed E-state index contributed by atoms with van der Waals surface area (Å²) in [5.74, 6) is -1.17. The molecule has 3 aromatic carbocycles. The lowest BCUT2D eigenvalue weighted by Gasteiger charge is -2.29.